The minimum atomic E-state index is -0.823. The highest BCUT2D eigenvalue weighted by atomic mass is 19.2. The van der Waals surface area contributed by atoms with E-state index in [-0.39, 0.29) is 5.92 Å². The van der Waals surface area contributed by atoms with Gasteiger partial charge in [-0.2, -0.15) is 5.26 Å². The van der Waals surface area contributed by atoms with Gasteiger partial charge in [-0.15, -0.1) is 0 Å². The van der Waals surface area contributed by atoms with Crippen molar-refractivity contribution < 1.29 is 8.78 Å². The molecule has 0 amide bonds. The molecule has 1 heterocycles. The molecule has 0 atom stereocenters. The highest BCUT2D eigenvalue weighted by Crippen LogP contribution is 2.24. The Hall–Kier alpha value is -1.63. The van der Waals surface area contributed by atoms with Crippen LogP contribution in [0.2, 0.25) is 0 Å². The summed E-state index contributed by atoms with van der Waals surface area (Å²) >= 11 is 0. The molecule has 0 radical (unpaired) electrons. The molecule has 16 heavy (non-hydrogen) atoms. The van der Waals surface area contributed by atoms with Crippen LogP contribution in [0.4, 0.5) is 14.5 Å². The maximum absolute atomic E-state index is 13.0. The van der Waals surface area contributed by atoms with Crippen LogP contribution in [0.25, 0.3) is 0 Å². The smallest absolute Gasteiger partial charge is 0.160 e. The van der Waals surface area contributed by atoms with Crippen LogP contribution in [-0.2, 0) is 0 Å². The van der Waals surface area contributed by atoms with Gasteiger partial charge in [0.1, 0.15) is 0 Å². The molecule has 1 fully saturated rings. The third kappa shape index (κ3) is 2.13. The molecule has 0 bridgehead atoms. The topological polar surface area (TPSA) is 27.0 Å². The van der Waals surface area contributed by atoms with Crippen LogP contribution in [0.3, 0.4) is 0 Å². The van der Waals surface area contributed by atoms with Crippen LogP contribution in [-0.4, -0.2) is 13.1 Å². The van der Waals surface area contributed by atoms with Crippen molar-refractivity contribution >= 4 is 5.69 Å². The van der Waals surface area contributed by atoms with E-state index in [1.54, 1.807) is 6.07 Å². The summed E-state index contributed by atoms with van der Waals surface area (Å²) in [5, 5.41) is 8.75. The third-order valence-electron chi connectivity index (χ3n) is 2.95. The average Bonchev–Trinajstić information content (AvgIpc) is 2.33. The highest BCUT2D eigenvalue weighted by molar-refractivity contribution is 5.47. The van der Waals surface area contributed by atoms with Gasteiger partial charge < -0.3 is 4.90 Å². The van der Waals surface area contributed by atoms with E-state index >= 15 is 0 Å². The normalized spacial score (nSPS) is 17.2. The molecule has 2 nitrogen and oxygen atoms in total. The quantitative estimate of drug-likeness (QED) is 0.730. The standard InChI is InChI=1S/C12H12F2N2/c13-11-2-1-10(7-12(11)14)16-5-3-9(8-15)4-6-16/h1-2,7,9H,3-6H2. The number of rotatable bonds is 1. The lowest BCUT2D eigenvalue weighted by atomic mass is 9.98. The first-order valence-electron chi connectivity index (χ1n) is 5.30. The second-order valence-electron chi connectivity index (χ2n) is 3.99. The summed E-state index contributed by atoms with van der Waals surface area (Å²) < 4.78 is 25.8. The van der Waals surface area contributed by atoms with E-state index in [1.165, 1.54) is 6.07 Å². The summed E-state index contributed by atoms with van der Waals surface area (Å²) in [5.41, 5.74) is 0.690. The molecule has 0 aliphatic carbocycles. The van der Waals surface area contributed by atoms with Gasteiger partial charge in [-0.3, -0.25) is 0 Å². The minimum absolute atomic E-state index is 0.0987. The molecule has 0 aromatic heterocycles. The first-order valence-corrected chi connectivity index (χ1v) is 5.30. The monoisotopic (exact) mass is 222 g/mol. The van der Waals surface area contributed by atoms with Gasteiger partial charge in [0.15, 0.2) is 11.6 Å². The number of nitrogens with zero attached hydrogens (tertiary/aromatic N) is 2. The van der Waals surface area contributed by atoms with Gasteiger partial charge in [0, 0.05) is 30.8 Å². The van der Waals surface area contributed by atoms with E-state index in [0.29, 0.717) is 5.69 Å². The number of nitriles is 1. The van der Waals surface area contributed by atoms with E-state index in [9.17, 15) is 8.78 Å². The van der Waals surface area contributed by atoms with Gasteiger partial charge in [0.25, 0.3) is 0 Å². The fourth-order valence-corrected chi connectivity index (χ4v) is 1.95. The molecule has 84 valence electrons. The molecule has 1 aromatic rings. The molecular formula is C12H12F2N2. The van der Waals surface area contributed by atoms with Gasteiger partial charge >= 0.3 is 0 Å². The van der Waals surface area contributed by atoms with Crippen LogP contribution in [0, 0.1) is 28.9 Å². The van der Waals surface area contributed by atoms with E-state index in [0.717, 1.165) is 32.0 Å². The van der Waals surface area contributed by atoms with E-state index < -0.39 is 11.6 Å². The fourth-order valence-electron chi connectivity index (χ4n) is 1.95. The van der Waals surface area contributed by atoms with Crippen molar-refractivity contribution in [1.29, 1.82) is 5.26 Å². The molecule has 1 saturated heterocycles. The first kappa shape index (κ1) is 10.9. The van der Waals surface area contributed by atoms with Crippen LogP contribution in [0.1, 0.15) is 12.8 Å². The molecule has 2 rings (SSSR count). The van der Waals surface area contributed by atoms with Crippen LogP contribution in [0.15, 0.2) is 18.2 Å². The van der Waals surface area contributed by atoms with E-state index in [2.05, 4.69) is 6.07 Å². The Morgan fingerprint density at radius 2 is 1.88 bits per heavy atom. The predicted octanol–water partition coefficient (Wildman–Crippen LogP) is 2.70. The Bertz CT molecular complexity index is 418. The van der Waals surface area contributed by atoms with Gasteiger partial charge in [-0.05, 0) is 25.0 Å². The number of hydrogen-bond acceptors (Lipinski definition) is 2. The lowest BCUT2D eigenvalue weighted by Crippen LogP contribution is -2.33. The van der Waals surface area contributed by atoms with Crippen molar-refractivity contribution in [3.05, 3.63) is 29.8 Å². The third-order valence-corrected chi connectivity index (χ3v) is 2.95. The minimum Gasteiger partial charge on any atom is -0.371 e. The maximum atomic E-state index is 13.0. The van der Waals surface area contributed by atoms with Crippen LogP contribution in [0.5, 0.6) is 0 Å². The number of benzene rings is 1. The Morgan fingerprint density at radius 1 is 1.19 bits per heavy atom. The van der Waals surface area contributed by atoms with Crippen molar-refractivity contribution in [2.75, 3.05) is 18.0 Å². The molecule has 0 N–H and O–H groups in total. The summed E-state index contributed by atoms with van der Waals surface area (Å²) in [5.74, 6) is -1.54. The predicted molar refractivity (Wildman–Crippen MR) is 56.9 cm³/mol. The number of halogens is 2. The second kappa shape index (κ2) is 4.48. The van der Waals surface area contributed by atoms with Gasteiger partial charge in [-0.1, -0.05) is 0 Å². The van der Waals surface area contributed by atoms with E-state index in [4.69, 9.17) is 5.26 Å². The number of hydrogen-bond donors (Lipinski definition) is 0. The Labute approximate surface area is 93.1 Å². The van der Waals surface area contributed by atoms with Crippen molar-refractivity contribution in [1.82, 2.24) is 0 Å². The molecule has 1 aliphatic heterocycles. The van der Waals surface area contributed by atoms with Crippen LogP contribution >= 0.6 is 0 Å². The first-order chi connectivity index (χ1) is 7.70. The largest absolute Gasteiger partial charge is 0.371 e. The second-order valence-corrected chi connectivity index (χ2v) is 3.99. The molecule has 1 aliphatic rings. The molecule has 4 heteroatoms. The molecule has 0 unspecified atom stereocenters. The maximum Gasteiger partial charge on any atom is 0.160 e. The number of anilines is 1. The zero-order valence-electron chi connectivity index (χ0n) is 8.79. The molecule has 1 aromatic carbocycles. The van der Waals surface area contributed by atoms with Gasteiger partial charge in [-0.25, -0.2) is 8.78 Å². The van der Waals surface area contributed by atoms with Crippen LogP contribution < -0.4 is 4.90 Å². The van der Waals surface area contributed by atoms with Gasteiger partial charge in [0.05, 0.1) is 6.07 Å². The zero-order valence-corrected chi connectivity index (χ0v) is 8.79. The van der Waals surface area contributed by atoms with Crippen molar-refractivity contribution in [2.45, 2.75) is 12.8 Å². The molecular weight excluding hydrogens is 210 g/mol. The average molecular weight is 222 g/mol. The van der Waals surface area contributed by atoms with Crippen molar-refractivity contribution in [3.8, 4) is 6.07 Å². The highest BCUT2D eigenvalue weighted by Gasteiger charge is 2.19. The fraction of sp³-hybridized carbons (Fsp3) is 0.417. The van der Waals surface area contributed by atoms with Gasteiger partial charge in [0.2, 0.25) is 0 Å². The Kier molecular flexibility index (Phi) is 3.04. The summed E-state index contributed by atoms with van der Waals surface area (Å²) in [7, 11) is 0. The SMILES string of the molecule is N#CC1CCN(c2ccc(F)c(F)c2)CC1. The number of piperidine rings is 1. The Morgan fingerprint density at radius 3 is 2.44 bits per heavy atom. The zero-order chi connectivity index (χ0) is 11.5. The van der Waals surface area contributed by atoms with E-state index in [1.807, 2.05) is 4.90 Å². The van der Waals surface area contributed by atoms with Crippen molar-refractivity contribution in [3.63, 3.8) is 0 Å². The molecule has 0 spiro atoms. The summed E-state index contributed by atoms with van der Waals surface area (Å²) in [6, 6.07) is 6.16. The Balaban J connectivity index is 2.09. The summed E-state index contributed by atoms with van der Waals surface area (Å²) in [6.45, 7) is 1.45. The van der Waals surface area contributed by atoms with Crippen molar-refractivity contribution in [2.24, 2.45) is 5.92 Å². The lowest BCUT2D eigenvalue weighted by molar-refractivity contribution is 0.483. The summed E-state index contributed by atoms with van der Waals surface area (Å²) in [6.07, 6.45) is 1.57. The summed E-state index contributed by atoms with van der Waals surface area (Å²) in [4.78, 5) is 1.98. The molecule has 0 saturated carbocycles. The lowest BCUT2D eigenvalue weighted by Gasteiger charge is -2.31.